The minimum absolute atomic E-state index is 0.0194. The summed E-state index contributed by atoms with van der Waals surface area (Å²) in [4.78, 5) is 22.8. The molecule has 0 bridgehead atoms. The molecule has 1 saturated heterocycles. The lowest BCUT2D eigenvalue weighted by Gasteiger charge is -2.26. The van der Waals surface area contributed by atoms with Crippen molar-refractivity contribution in [3.05, 3.63) is 30.6 Å². The molecule has 1 aromatic heterocycles. The first kappa shape index (κ1) is 17.6. The number of rotatable bonds is 8. The van der Waals surface area contributed by atoms with Gasteiger partial charge in [0.05, 0.1) is 25.3 Å². The molecular formula is C18H25N5O2. The zero-order valence-corrected chi connectivity index (χ0v) is 14.4. The molecule has 134 valence electrons. The second-order valence-electron chi connectivity index (χ2n) is 6.10. The number of nitrogens with one attached hydrogen (secondary N) is 2. The fourth-order valence-corrected chi connectivity index (χ4v) is 2.89. The molecule has 1 fully saturated rings. The Labute approximate surface area is 147 Å². The Morgan fingerprint density at radius 3 is 2.88 bits per heavy atom. The number of hydrogen-bond donors (Lipinski definition) is 2. The van der Waals surface area contributed by atoms with E-state index in [4.69, 9.17) is 4.74 Å². The third-order valence-electron chi connectivity index (χ3n) is 4.29. The van der Waals surface area contributed by atoms with Crippen molar-refractivity contribution in [2.24, 2.45) is 0 Å². The number of nitrogens with zero attached hydrogens (tertiary/aromatic N) is 3. The highest BCUT2D eigenvalue weighted by molar-refractivity contribution is 5.90. The van der Waals surface area contributed by atoms with Gasteiger partial charge in [0.15, 0.2) is 0 Å². The van der Waals surface area contributed by atoms with Crippen molar-refractivity contribution in [2.75, 3.05) is 51.3 Å². The number of anilines is 1. The van der Waals surface area contributed by atoms with Gasteiger partial charge in [-0.25, -0.2) is 9.97 Å². The van der Waals surface area contributed by atoms with E-state index in [1.807, 2.05) is 24.3 Å². The van der Waals surface area contributed by atoms with Crippen molar-refractivity contribution in [1.82, 2.24) is 20.2 Å². The van der Waals surface area contributed by atoms with Crippen LogP contribution in [0.4, 0.5) is 5.82 Å². The van der Waals surface area contributed by atoms with Crippen LogP contribution in [-0.2, 0) is 9.53 Å². The maximum atomic E-state index is 12.0. The highest BCUT2D eigenvalue weighted by atomic mass is 16.5. The molecule has 0 unspecified atom stereocenters. The Morgan fingerprint density at radius 1 is 1.16 bits per heavy atom. The van der Waals surface area contributed by atoms with E-state index in [0.717, 1.165) is 56.6 Å². The molecule has 25 heavy (non-hydrogen) atoms. The van der Waals surface area contributed by atoms with Gasteiger partial charge in [-0.05, 0) is 31.5 Å². The van der Waals surface area contributed by atoms with Crippen LogP contribution in [0, 0.1) is 0 Å². The SMILES string of the molecule is O=C(CNc1ncnc2ccccc12)NCCCCN1CCOCC1. The van der Waals surface area contributed by atoms with Crippen LogP contribution < -0.4 is 10.6 Å². The van der Waals surface area contributed by atoms with Crippen molar-refractivity contribution >= 4 is 22.6 Å². The number of para-hydroxylation sites is 1. The van der Waals surface area contributed by atoms with E-state index in [9.17, 15) is 4.79 Å². The molecule has 2 aromatic rings. The van der Waals surface area contributed by atoms with Gasteiger partial charge in [0.25, 0.3) is 0 Å². The molecule has 0 spiro atoms. The van der Waals surface area contributed by atoms with Gasteiger partial charge < -0.3 is 15.4 Å². The Morgan fingerprint density at radius 2 is 2.00 bits per heavy atom. The van der Waals surface area contributed by atoms with Crippen LogP contribution in [-0.4, -0.2) is 66.7 Å². The highest BCUT2D eigenvalue weighted by Gasteiger charge is 2.09. The molecule has 0 saturated carbocycles. The van der Waals surface area contributed by atoms with Crippen molar-refractivity contribution in [2.45, 2.75) is 12.8 Å². The van der Waals surface area contributed by atoms with Gasteiger partial charge in [0, 0.05) is 25.0 Å². The van der Waals surface area contributed by atoms with Gasteiger partial charge in [0.1, 0.15) is 12.1 Å². The third-order valence-corrected chi connectivity index (χ3v) is 4.29. The summed E-state index contributed by atoms with van der Waals surface area (Å²) in [6, 6.07) is 7.74. The lowest BCUT2D eigenvalue weighted by atomic mass is 10.2. The molecule has 0 atom stereocenters. The summed E-state index contributed by atoms with van der Waals surface area (Å²) >= 11 is 0. The van der Waals surface area contributed by atoms with Crippen LogP contribution in [0.15, 0.2) is 30.6 Å². The molecule has 1 aromatic carbocycles. The number of carbonyl (C=O) groups excluding carboxylic acids is 1. The van der Waals surface area contributed by atoms with Gasteiger partial charge in [-0.15, -0.1) is 0 Å². The number of ether oxygens (including phenoxy) is 1. The molecule has 2 N–H and O–H groups in total. The number of aromatic nitrogens is 2. The number of fused-ring (bicyclic) bond motifs is 1. The smallest absolute Gasteiger partial charge is 0.239 e. The summed E-state index contributed by atoms with van der Waals surface area (Å²) < 4.78 is 5.33. The molecule has 2 heterocycles. The van der Waals surface area contributed by atoms with Gasteiger partial charge >= 0.3 is 0 Å². The number of benzene rings is 1. The van der Waals surface area contributed by atoms with Crippen LogP contribution >= 0.6 is 0 Å². The van der Waals surface area contributed by atoms with E-state index >= 15 is 0 Å². The van der Waals surface area contributed by atoms with E-state index in [1.165, 1.54) is 6.33 Å². The average molecular weight is 343 g/mol. The quantitative estimate of drug-likeness (QED) is 0.703. The molecule has 0 aliphatic carbocycles. The predicted molar refractivity (Wildman–Crippen MR) is 97.5 cm³/mol. The maximum absolute atomic E-state index is 12.0. The average Bonchev–Trinajstić information content (AvgIpc) is 2.67. The van der Waals surface area contributed by atoms with E-state index in [2.05, 4.69) is 25.5 Å². The van der Waals surface area contributed by atoms with Crippen LogP contribution in [0.2, 0.25) is 0 Å². The van der Waals surface area contributed by atoms with Crippen molar-refractivity contribution < 1.29 is 9.53 Å². The molecule has 3 rings (SSSR count). The maximum Gasteiger partial charge on any atom is 0.239 e. The van der Waals surface area contributed by atoms with Gasteiger partial charge in [-0.2, -0.15) is 0 Å². The fourth-order valence-electron chi connectivity index (χ4n) is 2.89. The Balaban J connectivity index is 1.34. The summed E-state index contributed by atoms with van der Waals surface area (Å²) in [6.45, 7) is 5.69. The van der Waals surface area contributed by atoms with E-state index in [0.29, 0.717) is 12.4 Å². The van der Waals surface area contributed by atoms with Crippen molar-refractivity contribution in [3.63, 3.8) is 0 Å². The fraction of sp³-hybridized carbons (Fsp3) is 0.500. The van der Waals surface area contributed by atoms with Crippen molar-refractivity contribution in [3.8, 4) is 0 Å². The van der Waals surface area contributed by atoms with Crippen LogP contribution in [0.1, 0.15) is 12.8 Å². The first-order valence-electron chi connectivity index (χ1n) is 8.83. The van der Waals surface area contributed by atoms with Crippen molar-refractivity contribution in [1.29, 1.82) is 0 Å². The first-order chi connectivity index (χ1) is 12.3. The lowest BCUT2D eigenvalue weighted by Crippen LogP contribution is -2.37. The molecule has 7 heteroatoms. The normalized spacial score (nSPS) is 15.2. The summed E-state index contributed by atoms with van der Waals surface area (Å²) in [6.07, 6.45) is 3.58. The Bertz CT molecular complexity index is 683. The first-order valence-corrected chi connectivity index (χ1v) is 8.83. The minimum atomic E-state index is -0.0194. The predicted octanol–water partition coefficient (Wildman–Crippen LogP) is 1.27. The lowest BCUT2D eigenvalue weighted by molar-refractivity contribution is -0.119. The molecule has 1 amide bonds. The topological polar surface area (TPSA) is 79.4 Å². The monoisotopic (exact) mass is 343 g/mol. The van der Waals surface area contributed by atoms with Gasteiger partial charge in [0.2, 0.25) is 5.91 Å². The second-order valence-corrected chi connectivity index (χ2v) is 6.10. The molecular weight excluding hydrogens is 318 g/mol. The zero-order valence-electron chi connectivity index (χ0n) is 14.4. The van der Waals surface area contributed by atoms with E-state index in [1.54, 1.807) is 0 Å². The largest absolute Gasteiger partial charge is 0.379 e. The number of amides is 1. The summed E-state index contributed by atoms with van der Waals surface area (Å²) in [5.74, 6) is 0.669. The van der Waals surface area contributed by atoms with Gasteiger partial charge in [-0.3, -0.25) is 9.69 Å². The Kier molecular flexibility index (Phi) is 6.53. The van der Waals surface area contributed by atoms with E-state index in [-0.39, 0.29) is 12.5 Å². The minimum Gasteiger partial charge on any atom is -0.379 e. The summed E-state index contributed by atoms with van der Waals surface area (Å²) in [5.41, 5.74) is 0.864. The molecule has 1 aliphatic heterocycles. The Hall–Kier alpha value is -2.25. The number of hydrogen-bond acceptors (Lipinski definition) is 6. The molecule has 0 radical (unpaired) electrons. The number of unbranched alkanes of at least 4 members (excludes halogenated alkanes) is 1. The number of carbonyl (C=O) groups is 1. The molecule has 7 nitrogen and oxygen atoms in total. The zero-order chi connectivity index (χ0) is 17.3. The van der Waals surface area contributed by atoms with Crippen LogP contribution in [0.25, 0.3) is 10.9 Å². The van der Waals surface area contributed by atoms with E-state index < -0.39 is 0 Å². The van der Waals surface area contributed by atoms with Crippen LogP contribution in [0.3, 0.4) is 0 Å². The van der Waals surface area contributed by atoms with Crippen LogP contribution in [0.5, 0.6) is 0 Å². The summed E-state index contributed by atoms with van der Waals surface area (Å²) in [7, 11) is 0. The highest BCUT2D eigenvalue weighted by Crippen LogP contribution is 2.17. The number of morpholine rings is 1. The molecule has 1 aliphatic rings. The second kappa shape index (κ2) is 9.29. The van der Waals surface area contributed by atoms with Gasteiger partial charge in [-0.1, -0.05) is 12.1 Å². The third kappa shape index (κ3) is 5.37. The standard InChI is InChI=1S/C18H25N5O2/c24-17(19-7-3-4-8-23-9-11-25-12-10-23)13-20-18-15-5-1-2-6-16(15)21-14-22-18/h1-2,5-6,14H,3-4,7-13H2,(H,19,24)(H,20,21,22). The summed E-state index contributed by atoms with van der Waals surface area (Å²) in [5, 5.41) is 6.97.